The first-order valence-electron chi connectivity index (χ1n) is 7.13. The predicted octanol–water partition coefficient (Wildman–Crippen LogP) is 3.27. The van der Waals surface area contributed by atoms with E-state index < -0.39 is 6.10 Å². The molecule has 2 aromatic rings. The minimum atomic E-state index is -0.748. The van der Waals surface area contributed by atoms with Crippen molar-refractivity contribution in [1.82, 2.24) is 5.32 Å². The number of ether oxygens (including phenoxy) is 1. The Morgan fingerprint density at radius 2 is 2.00 bits per heavy atom. The smallest absolute Gasteiger partial charge is 0.319 e. The zero-order valence-electron chi connectivity index (χ0n) is 13.1. The van der Waals surface area contributed by atoms with E-state index in [1.165, 1.54) is 0 Å². The van der Waals surface area contributed by atoms with E-state index >= 15 is 0 Å². The average molecular weight is 332 g/mol. The summed E-state index contributed by atoms with van der Waals surface area (Å²) in [7, 11) is 1.57. The normalized spacial score (nSPS) is 11.6. The molecule has 0 spiro atoms. The van der Waals surface area contributed by atoms with Crippen LogP contribution in [0.15, 0.2) is 53.4 Å². The Morgan fingerprint density at radius 3 is 2.65 bits per heavy atom. The number of aliphatic hydroxyl groups is 1. The van der Waals surface area contributed by atoms with Crippen molar-refractivity contribution in [3.63, 3.8) is 0 Å². The molecule has 0 aromatic heterocycles. The highest BCUT2D eigenvalue weighted by molar-refractivity contribution is 7.98. The number of thioether (sulfide) groups is 1. The molecule has 122 valence electrons. The van der Waals surface area contributed by atoms with Crippen molar-refractivity contribution in [3.05, 3.63) is 54.1 Å². The third-order valence-electron chi connectivity index (χ3n) is 3.28. The van der Waals surface area contributed by atoms with Gasteiger partial charge in [-0.05, 0) is 36.1 Å². The lowest BCUT2D eigenvalue weighted by atomic mass is 10.1. The van der Waals surface area contributed by atoms with Gasteiger partial charge in [-0.3, -0.25) is 0 Å². The van der Waals surface area contributed by atoms with Crippen molar-refractivity contribution in [2.75, 3.05) is 25.2 Å². The lowest BCUT2D eigenvalue weighted by Crippen LogP contribution is -2.32. The molecule has 2 aromatic carbocycles. The maximum Gasteiger partial charge on any atom is 0.319 e. The van der Waals surface area contributed by atoms with E-state index in [0.29, 0.717) is 11.4 Å². The summed E-state index contributed by atoms with van der Waals surface area (Å²) in [6, 6.07) is 14.3. The zero-order valence-corrected chi connectivity index (χ0v) is 13.9. The van der Waals surface area contributed by atoms with Crippen molar-refractivity contribution < 1.29 is 14.6 Å². The number of hydrogen-bond acceptors (Lipinski definition) is 4. The van der Waals surface area contributed by atoms with Gasteiger partial charge in [-0.1, -0.05) is 18.2 Å². The van der Waals surface area contributed by atoms with Gasteiger partial charge in [0.15, 0.2) is 0 Å². The quantitative estimate of drug-likeness (QED) is 0.710. The Balaban J connectivity index is 1.85. The molecular formula is C17H20N2O3S. The molecule has 0 aliphatic rings. The molecule has 0 heterocycles. The molecule has 23 heavy (non-hydrogen) atoms. The molecule has 3 N–H and O–H groups in total. The van der Waals surface area contributed by atoms with Crippen LogP contribution in [0, 0.1) is 0 Å². The third kappa shape index (κ3) is 5.19. The van der Waals surface area contributed by atoms with Gasteiger partial charge in [-0.15, -0.1) is 11.8 Å². The Kier molecular flexibility index (Phi) is 6.31. The molecule has 0 bridgehead atoms. The van der Waals surface area contributed by atoms with Gasteiger partial charge in [-0.25, -0.2) is 4.79 Å². The first-order valence-corrected chi connectivity index (χ1v) is 8.36. The topological polar surface area (TPSA) is 70.6 Å². The van der Waals surface area contributed by atoms with Crippen LogP contribution in [-0.2, 0) is 0 Å². The van der Waals surface area contributed by atoms with E-state index in [9.17, 15) is 9.90 Å². The number of methoxy groups -OCH3 is 1. The van der Waals surface area contributed by atoms with Crippen molar-refractivity contribution in [3.8, 4) is 5.75 Å². The standard InChI is InChI=1S/C17H20N2O3S/c1-22-14-5-3-4-13(10-14)19-17(21)18-11-16(20)12-6-8-15(23-2)9-7-12/h3-10,16,20H,11H2,1-2H3,(H2,18,19,21)/t16-/m1/s1. The third-order valence-corrected chi connectivity index (χ3v) is 4.03. The molecular weight excluding hydrogens is 312 g/mol. The second kappa shape index (κ2) is 8.45. The van der Waals surface area contributed by atoms with Crippen LogP contribution in [0.4, 0.5) is 10.5 Å². The summed E-state index contributed by atoms with van der Waals surface area (Å²) >= 11 is 1.64. The molecule has 2 rings (SSSR count). The van der Waals surface area contributed by atoms with E-state index in [1.807, 2.05) is 30.5 Å². The minimum absolute atomic E-state index is 0.133. The molecule has 2 amide bonds. The van der Waals surface area contributed by atoms with Crippen molar-refractivity contribution >= 4 is 23.5 Å². The molecule has 6 heteroatoms. The van der Waals surface area contributed by atoms with E-state index in [-0.39, 0.29) is 12.6 Å². The van der Waals surface area contributed by atoms with Crippen LogP contribution in [0.2, 0.25) is 0 Å². The van der Waals surface area contributed by atoms with Gasteiger partial charge < -0.3 is 20.5 Å². The Bertz CT molecular complexity index is 647. The van der Waals surface area contributed by atoms with Gasteiger partial charge in [0.2, 0.25) is 0 Å². The summed E-state index contributed by atoms with van der Waals surface area (Å²) in [5.41, 5.74) is 1.39. The van der Waals surface area contributed by atoms with Gasteiger partial charge in [0.05, 0.1) is 13.2 Å². The maximum absolute atomic E-state index is 11.9. The fraction of sp³-hybridized carbons (Fsp3) is 0.235. The number of carbonyl (C=O) groups is 1. The highest BCUT2D eigenvalue weighted by Crippen LogP contribution is 2.19. The fourth-order valence-electron chi connectivity index (χ4n) is 2.01. The first kappa shape index (κ1) is 17.2. The first-order chi connectivity index (χ1) is 11.1. The summed E-state index contributed by atoms with van der Waals surface area (Å²) in [5.74, 6) is 0.664. The highest BCUT2D eigenvalue weighted by atomic mass is 32.2. The lowest BCUT2D eigenvalue weighted by molar-refractivity contribution is 0.175. The van der Waals surface area contributed by atoms with Gasteiger partial charge >= 0.3 is 6.03 Å². The second-order valence-electron chi connectivity index (χ2n) is 4.86. The largest absolute Gasteiger partial charge is 0.497 e. The minimum Gasteiger partial charge on any atom is -0.497 e. The van der Waals surface area contributed by atoms with Crippen molar-refractivity contribution in [2.24, 2.45) is 0 Å². The van der Waals surface area contributed by atoms with Gasteiger partial charge in [0.25, 0.3) is 0 Å². The number of urea groups is 1. The number of anilines is 1. The molecule has 5 nitrogen and oxygen atoms in total. The Labute approximate surface area is 140 Å². The van der Waals surface area contributed by atoms with Gasteiger partial charge in [0, 0.05) is 23.2 Å². The Morgan fingerprint density at radius 1 is 1.26 bits per heavy atom. The zero-order chi connectivity index (χ0) is 16.7. The van der Waals surface area contributed by atoms with E-state index in [1.54, 1.807) is 43.1 Å². The summed E-state index contributed by atoms with van der Waals surface area (Å²) < 4.78 is 5.10. The molecule has 0 aliphatic heterocycles. The predicted molar refractivity (Wildman–Crippen MR) is 93.2 cm³/mol. The van der Waals surface area contributed by atoms with Crippen LogP contribution >= 0.6 is 11.8 Å². The molecule has 1 atom stereocenters. The molecule has 0 unspecified atom stereocenters. The van der Waals surface area contributed by atoms with Crippen molar-refractivity contribution in [1.29, 1.82) is 0 Å². The van der Waals surface area contributed by atoms with Crippen LogP contribution in [0.1, 0.15) is 11.7 Å². The van der Waals surface area contributed by atoms with E-state index in [2.05, 4.69) is 10.6 Å². The van der Waals surface area contributed by atoms with Crippen LogP contribution < -0.4 is 15.4 Å². The monoisotopic (exact) mass is 332 g/mol. The summed E-state index contributed by atoms with van der Waals surface area (Å²) in [5, 5.41) is 15.5. The van der Waals surface area contributed by atoms with Crippen LogP contribution in [0.3, 0.4) is 0 Å². The summed E-state index contributed by atoms with van der Waals surface area (Å²) in [4.78, 5) is 13.0. The summed E-state index contributed by atoms with van der Waals surface area (Å²) in [6.45, 7) is 0.133. The van der Waals surface area contributed by atoms with Crippen LogP contribution in [-0.4, -0.2) is 31.0 Å². The van der Waals surface area contributed by atoms with Crippen LogP contribution in [0.25, 0.3) is 0 Å². The second-order valence-corrected chi connectivity index (χ2v) is 5.74. The van der Waals surface area contributed by atoms with E-state index in [4.69, 9.17) is 4.74 Å². The van der Waals surface area contributed by atoms with Crippen molar-refractivity contribution in [2.45, 2.75) is 11.0 Å². The van der Waals surface area contributed by atoms with Gasteiger partial charge in [0.1, 0.15) is 5.75 Å². The summed E-state index contributed by atoms with van der Waals surface area (Å²) in [6.07, 6.45) is 1.25. The number of benzene rings is 2. The van der Waals surface area contributed by atoms with Crippen LogP contribution in [0.5, 0.6) is 5.75 Å². The number of amides is 2. The maximum atomic E-state index is 11.9. The van der Waals surface area contributed by atoms with Gasteiger partial charge in [-0.2, -0.15) is 0 Å². The molecule has 0 saturated carbocycles. The number of carbonyl (C=O) groups excluding carboxylic acids is 1. The Hall–Kier alpha value is -2.18. The average Bonchev–Trinajstić information content (AvgIpc) is 2.60. The molecule has 0 radical (unpaired) electrons. The number of aliphatic hydroxyl groups excluding tert-OH is 1. The number of nitrogens with one attached hydrogen (secondary N) is 2. The molecule has 0 aliphatic carbocycles. The highest BCUT2D eigenvalue weighted by Gasteiger charge is 2.10. The fourth-order valence-corrected chi connectivity index (χ4v) is 2.42. The number of rotatable bonds is 6. The number of hydrogen-bond donors (Lipinski definition) is 3. The van der Waals surface area contributed by atoms with E-state index in [0.717, 1.165) is 10.5 Å². The molecule has 0 saturated heterocycles. The lowest BCUT2D eigenvalue weighted by Gasteiger charge is -2.13. The molecule has 0 fully saturated rings. The SMILES string of the molecule is COc1cccc(NC(=O)NC[C@@H](O)c2ccc(SC)cc2)c1.